The number of hydrogen-bond donors (Lipinski definition) is 1. The lowest BCUT2D eigenvalue weighted by Gasteiger charge is -2.31. The van der Waals surface area contributed by atoms with E-state index >= 15 is 0 Å². The number of carbonyl (C=O) groups excluding carboxylic acids is 1. The van der Waals surface area contributed by atoms with Crippen molar-refractivity contribution in [1.82, 2.24) is 14.7 Å². The molecule has 6 nitrogen and oxygen atoms in total. The second-order valence-corrected chi connectivity index (χ2v) is 4.98. The largest absolute Gasteiger partial charge is 0.376 e. The van der Waals surface area contributed by atoms with Gasteiger partial charge in [0.1, 0.15) is 5.82 Å². The molecule has 19 heavy (non-hydrogen) atoms. The summed E-state index contributed by atoms with van der Waals surface area (Å²) in [5.41, 5.74) is 0.898. The molecule has 1 fully saturated rings. The molecular weight excluding hydrogens is 244 g/mol. The van der Waals surface area contributed by atoms with E-state index in [2.05, 4.69) is 22.2 Å². The summed E-state index contributed by atoms with van der Waals surface area (Å²) >= 11 is 0. The third-order valence-electron chi connectivity index (χ3n) is 3.31. The molecule has 1 N–H and O–H groups in total. The quantitative estimate of drug-likeness (QED) is 0.875. The van der Waals surface area contributed by atoms with Gasteiger partial charge in [-0.3, -0.25) is 14.4 Å². The van der Waals surface area contributed by atoms with Crippen LogP contribution in [0.15, 0.2) is 6.07 Å². The summed E-state index contributed by atoms with van der Waals surface area (Å²) in [5.74, 6) is 0.738. The Balaban J connectivity index is 1.85. The van der Waals surface area contributed by atoms with Gasteiger partial charge in [0.2, 0.25) is 5.91 Å². The molecule has 1 aliphatic rings. The molecule has 2 rings (SSSR count). The third kappa shape index (κ3) is 3.78. The highest BCUT2D eigenvalue weighted by Gasteiger charge is 2.21. The van der Waals surface area contributed by atoms with Gasteiger partial charge in [-0.1, -0.05) is 6.92 Å². The van der Waals surface area contributed by atoms with Gasteiger partial charge < -0.3 is 10.1 Å². The summed E-state index contributed by atoms with van der Waals surface area (Å²) in [5, 5.41) is 7.09. The number of carbonyl (C=O) groups is 1. The Hall–Kier alpha value is -1.40. The van der Waals surface area contributed by atoms with Crippen LogP contribution in [-0.2, 0) is 16.6 Å². The van der Waals surface area contributed by atoms with Crippen molar-refractivity contribution in [3.63, 3.8) is 0 Å². The fraction of sp³-hybridized carbons (Fsp3) is 0.692. The first-order chi connectivity index (χ1) is 9.08. The minimum Gasteiger partial charge on any atom is -0.376 e. The van der Waals surface area contributed by atoms with Crippen LogP contribution in [0.5, 0.6) is 0 Å². The molecule has 0 unspecified atom stereocenters. The van der Waals surface area contributed by atoms with Crippen LogP contribution < -0.4 is 5.32 Å². The zero-order valence-corrected chi connectivity index (χ0v) is 11.8. The average molecular weight is 266 g/mol. The van der Waals surface area contributed by atoms with Gasteiger partial charge in [-0.15, -0.1) is 0 Å². The molecule has 0 saturated carbocycles. The van der Waals surface area contributed by atoms with Crippen molar-refractivity contribution in [3.8, 4) is 0 Å². The molecule has 0 spiro atoms. The lowest BCUT2D eigenvalue weighted by molar-refractivity contribution is -0.119. The van der Waals surface area contributed by atoms with Gasteiger partial charge in [0.15, 0.2) is 0 Å². The predicted molar refractivity (Wildman–Crippen MR) is 73.0 cm³/mol. The van der Waals surface area contributed by atoms with Crippen LogP contribution in [0.4, 0.5) is 5.82 Å². The minimum atomic E-state index is -0.000229. The Bertz CT molecular complexity index is 444. The topological polar surface area (TPSA) is 59.4 Å². The Morgan fingerprint density at radius 1 is 1.63 bits per heavy atom. The van der Waals surface area contributed by atoms with Crippen LogP contribution in [0.2, 0.25) is 0 Å². The zero-order valence-electron chi connectivity index (χ0n) is 11.8. The Morgan fingerprint density at radius 2 is 2.42 bits per heavy atom. The molecule has 6 heteroatoms. The van der Waals surface area contributed by atoms with Crippen molar-refractivity contribution < 1.29 is 9.53 Å². The SMILES string of the molecule is CC[C@H]1CN(CC(=O)Nc2cc(C)nn2C)CCO1. The van der Waals surface area contributed by atoms with E-state index < -0.39 is 0 Å². The predicted octanol–water partition coefficient (Wildman–Crippen LogP) is 0.778. The monoisotopic (exact) mass is 266 g/mol. The molecule has 1 saturated heterocycles. The molecule has 0 radical (unpaired) electrons. The van der Waals surface area contributed by atoms with Gasteiger partial charge in [-0.25, -0.2) is 0 Å². The highest BCUT2D eigenvalue weighted by atomic mass is 16.5. The van der Waals surface area contributed by atoms with Gasteiger partial charge in [0, 0.05) is 26.2 Å². The maximum Gasteiger partial charge on any atom is 0.239 e. The van der Waals surface area contributed by atoms with Crippen LogP contribution in [0.1, 0.15) is 19.0 Å². The smallest absolute Gasteiger partial charge is 0.239 e. The van der Waals surface area contributed by atoms with Gasteiger partial charge >= 0.3 is 0 Å². The number of aromatic nitrogens is 2. The van der Waals surface area contributed by atoms with Crippen LogP contribution in [-0.4, -0.2) is 52.9 Å². The molecule has 0 aliphatic carbocycles. The molecular formula is C13H22N4O2. The molecule has 0 aromatic carbocycles. The molecule has 1 aromatic rings. The van der Waals surface area contributed by atoms with Crippen LogP contribution >= 0.6 is 0 Å². The van der Waals surface area contributed by atoms with Gasteiger partial charge in [0.25, 0.3) is 0 Å². The third-order valence-corrected chi connectivity index (χ3v) is 3.31. The van der Waals surface area contributed by atoms with Gasteiger partial charge in [0.05, 0.1) is 24.9 Å². The zero-order chi connectivity index (χ0) is 13.8. The van der Waals surface area contributed by atoms with E-state index in [1.807, 2.05) is 20.0 Å². The molecule has 1 aliphatic heterocycles. The van der Waals surface area contributed by atoms with Crippen LogP contribution in [0.3, 0.4) is 0 Å². The summed E-state index contributed by atoms with van der Waals surface area (Å²) in [6.45, 7) is 6.76. The number of aryl methyl sites for hydroxylation is 2. The van der Waals surface area contributed by atoms with Gasteiger partial charge in [-0.2, -0.15) is 5.10 Å². The molecule has 1 atom stereocenters. The first kappa shape index (κ1) is 14.0. The van der Waals surface area contributed by atoms with E-state index in [9.17, 15) is 4.79 Å². The number of nitrogens with zero attached hydrogens (tertiary/aromatic N) is 3. The van der Waals surface area contributed by atoms with Gasteiger partial charge in [-0.05, 0) is 13.3 Å². The van der Waals surface area contributed by atoms with Crippen molar-refractivity contribution in [2.75, 3.05) is 31.6 Å². The maximum absolute atomic E-state index is 12.0. The van der Waals surface area contributed by atoms with E-state index in [0.717, 1.165) is 31.0 Å². The lowest BCUT2D eigenvalue weighted by Crippen LogP contribution is -2.45. The summed E-state index contributed by atoms with van der Waals surface area (Å²) < 4.78 is 7.27. The first-order valence-corrected chi connectivity index (χ1v) is 6.73. The van der Waals surface area contributed by atoms with Crippen molar-refractivity contribution in [3.05, 3.63) is 11.8 Å². The summed E-state index contributed by atoms with van der Waals surface area (Å²) in [6.07, 6.45) is 1.24. The fourth-order valence-electron chi connectivity index (χ4n) is 2.28. The Morgan fingerprint density at radius 3 is 3.05 bits per heavy atom. The van der Waals surface area contributed by atoms with E-state index in [0.29, 0.717) is 13.2 Å². The number of ether oxygens (including phenoxy) is 1. The second kappa shape index (κ2) is 6.16. The number of anilines is 1. The van der Waals surface area contributed by atoms with Crippen LogP contribution in [0.25, 0.3) is 0 Å². The molecule has 2 heterocycles. The number of rotatable bonds is 4. The number of nitrogens with one attached hydrogen (secondary N) is 1. The molecule has 106 valence electrons. The Kier molecular flexibility index (Phi) is 4.55. The van der Waals surface area contributed by atoms with E-state index in [-0.39, 0.29) is 12.0 Å². The standard InChI is InChI=1S/C13H22N4O2/c1-4-11-8-17(5-6-19-11)9-13(18)14-12-7-10(2)15-16(12)3/h7,11H,4-6,8-9H2,1-3H3,(H,14,18)/t11-/m0/s1. The summed E-state index contributed by atoms with van der Waals surface area (Å²) in [4.78, 5) is 14.1. The first-order valence-electron chi connectivity index (χ1n) is 6.73. The number of amides is 1. The highest BCUT2D eigenvalue weighted by molar-refractivity contribution is 5.91. The lowest BCUT2D eigenvalue weighted by atomic mass is 10.2. The number of hydrogen-bond acceptors (Lipinski definition) is 4. The molecule has 0 bridgehead atoms. The average Bonchev–Trinajstić information content (AvgIpc) is 2.68. The highest BCUT2D eigenvalue weighted by Crippen LogP contribution is 2.10. The number of morpholine rings is 1. The minimum absolute atomic E-state index is 0.000229. The van der Waals surface area contributed by atoms with Crippen molar-refractivity contribution in [1.29, 1.82) is 0 Å². The summed E-state index contributed by atoms with van der Waals surface area (Å²) in [7, 11) is 1.82. The Labute approximate surface area is 113 Å². The van der Waals surface area contributed by atoms with Crippen molar-refractivity contribution in [2.45, 2.75) is 26.4 Å². The maximum atomic E-state index is 12.0. The second-order valence-electron chi connectivity index (χ2n) is 4.98. The van der Waals surface area contributed by atoms with Crippen LogP contribution in [0, 0.1) is 6.92 Å². The van der Waals surface area contributed by atoms with Crippen molar-refractivity contribution in [2.24, 2.45) is 7.05 Å². The van der Waals surface area contributed by atoms with E-state index in [1.165, 1.54) is 0 Å². The van der Waals surface area contributed by atoms with E-state index in [1.54, 1.807) is 4.68 Å². The molecule has 1 aromatic heterocycles. The fourth-order valence-corrected chi connectivity index (χ4v) is 2.28. The van der Waals surface area contributed by atoms with E-state index in [4.69, 9.17) is 4.74 Å². The summed E-state index contributed by atoms with van der Waals surface area (Å²) in [6, 6.07) is 1.87. The normalized spacial score (nSPS) is 20.5. The van der Waals surface area contributed by atoms with Crippen molar-refractivity contribution >= 4 is 11.7 Å². The molecule has 1 amide bonds.